The van der Waals surface area contributed by atoms with Crippen LogP contribution in [-0.2, 0) is 14.6 Å². The zero-order valence-corrected chi connectivity index (χ0v) is 8.56. The van der Waals surface area contributed by atoms with E-state index in [1.54, 1.807) is 6.92 Å². The molecule has 0 aromatic carbocycles. The van der Waals surface area contributed by atoms with Gasteiger partial charge in [-0.15, -0.1) is 0 Å². The minimum atomic E-state index is -2.98. The lowest BCUT2D eigenvalue weighted by Crippen LogP contribution is -2.30. The summed E-state index contributed by atoms with van der Waals surface area (Å²) in [4.78, 5) is 10.8. The average molecular weight is 208 g/mol. The summed E-state index contributed by atoms with van der Waals surface area (Å²) in [5, 5.41) is 2.48. The van der Waals surface area contributed by atoms with Crippen molar-refractivity contribution < 1.29 is 13.2 Å². The van der Waals surface area contributed by atoms with Crippen LogP contribution in [0.1, 0.15) is 13.3 Å². The molecule has 6 heteroatoms. The molecule has 0 aliphatic heterocycles. The maximum Gasteiger partial charge on any atom is 0.221 e. The summed E-state index contributed by atoms with van der Waals surface area (Å²) in [5.41, 5.74) is 5.13. The van der Waals surface area contributed by atoms with Gasteiger partial charge in [0.2, 0.25) is 5.91 Å². The number of rotatable bonds is 6. The highest BCUT2D eigenvalue weighted by Gasteiger charge is 2.07. The molecule has 0 bridgehead atoms. The third-order valence-corrected chi connectivity index (χ3v) is 3.25. The molecule has 0 saturated heterocycles. The molecule has 13 heavy (non-hydrogen) atoms. The van der Waals surface area contributed by atoms with Crippen LogP contribution in [0.2, 0.25) is 0 Å². The fraction of sp³-hybridized carbons (Fsp3) is 0.857. The van der Waals surface area contributed by atoms with Crippen molar-refractivity contribution in [1.82, 2.24) is 5.32 Å². The molecule has 0 saturated carbocycles. The van der Waals surface area contributed by atoms with Crippen LogP contribution in [0.25, 0.3) is 0 Å². The van der Waals surface area contributed by atoms with Crippen molar-refractivity contribution in [2.24, 2.45) is 5.73 Å². The van der Waals surface area contributed by atoms with Crippen molar-refractivity contribution in [3.05, 3.63) is 0 Å². The monoisotopic (exact) mass is 208 g/mol. The Morgan fingerprint density at radius 2 is 2.08 bits per heavy atom. The molecular formula is C7H16N2O3S. The zero-order chi connectivity index (χ0) is 10.3. The van der Waals surface area contributed by atoms with Crippen LogP contribution >= 0.6 is 0 Å². The third kappa shape index (κ3) is 6.53. The molecule has 0 atom stereocenters. The second-order valence-corrected chi connectivity index (χ2v) is 5.10. The highest BCUT2D eigenvalue weighted by atomic mass is 32.2. The van der Waals surface area contributed by atoms with E-state index in [-0.39, 0.29) is 36.9 Å². The molecule has 1 amide bonds. The van der Waals surface area contributed by atoms with E-state index in [2.05, 4.69) is 5.32 Å². The van der Waals surface area contributed by atoms with Crippen molar-refractivity contribution in [3.63, 3.8) is 0 Å². The van der Waals surface area contributed by atoms with E-state index in [1.165, 1.54) is 0 Å². The van der Waals surface area contributed by atoms with Crippen molar-refractivity contribution in [3.8, 4) is 0 Å². The Balaban J connectivity index is 3.62. The molecule has 0 aliphatic carbocycles. The lowest BCUT2D eigenvalue weighted by atomic mass is 10.4. The number of amides is 1. The number of carbonyl (C=O) groups is 1. The summed E-state index contributed by atoms with van der Waals surface area (Å²) in [6, 6.07) is 0. The quantitative estimate of drug-likeness (QED) is 0.579. The van der Waals surface area contributed by atoms with Gasteiger partial charge >= 0.3 is 0 Å². The minimum absolute atomic E-state index is 0.000187. The molecule has 0 unspecified atom stereocenters. The molecule has 0 aliphatic rings. The van der Waals surface area contributed by atoms with Crippen LogP contribution in [0.4, 0.5) is 0 Å². The number of carbonyl (C=O) groups excluding carboxylic acids is 1. The number of hydrogen-bond acceptors (Lipinski definition) is 4. The predicted molar refractivity (Wildman–Crippen MR) is 51.0 cm³/mol. The van der Waals surface area contributed by atoms with E-state index >= 15 is 0 Å². The number of sulfone groups is 1. The van der Waals surface area contributed by atoms with E-state index in [9.17, 15) is 13.2 Å². The fourth-order valence-electron chi connectivity index (χ4n) is 0.710. The molecule has 0 heterocycles. The smallest absolute Gasteiger partial charge is 0.221 e. The summed E-state index contributed by atoms with van der Waals surface area (Å²) in [7, 11) is -2.98. The van der Waals surface area contributed by atoms with E-state index in [4.69, 9.17) is 5.73 Å². The molecule has 0 aromatic rings. The van der Waals surface area contributed by atoms with E-state index < -0.39 is 9.84 Å². The fourth-order valence-corrected chi connectivity index (χ4v) is 1.41. The third-order valence-electron chi connectivity index (χ3n) is 1.55. The largest absolute Gasteiger partial charge is 0.355 e. The summed E-state index contributed by atoms with van der Waals surface area (Å²) >= 11 is 0. The molecule has 3 N–H and O–H groups in total. The predicted octanol–water partition coefficient (Wildman–Crippen LogP) is -1.11. The van der Waals surface area contributed by atoms with Crippen LogP contribution < -0.4 is 11.1 Å². The molecule has 0 aromatic heterocycles. The number of nitrogens with one attached hydrogen (secondary N) is 1. The summed E-state index contributed by atoms with van der Waals surface area (Å²) in [6.45, 7) is 2.04. The topological polar surface area (TPSA) is 89.3 Å². The van der Waals surface area contributed by atoms with Crippen molar-refractivity contribution in [2.75, 3.05) is 24.6 Å². The van der Waals surface area contributed by atoms with E-state index in [1.807, 2.05) is 0 Å². The van der Waals surface area contributed by atoms with Gasteiger partial charge in [-0.2, -0.15) is 0 Å². The van der Waals surface area contributed by atoms with E-state index in [0.717, 1.165) is 0 Å². The van der Waals surface area contributed by atoms with Crippen molar-refractivity contribution in [2.45, 2.75) is 13.3 Å². The normalized spacial score (nSPS) is 11.2. The summed E-state index contributed by atoms with van der Waals surface area (Å²) < 4.78 is 21.9. The van der Waals surface area contributed by atoms with Gasteiger partial charge in [0.25, 0.3) is 0 Å². The summed E-state index contributed by atoms with van der Waals surface area (Å²) in [5.74, 6) is -0.0895. The molecular weight excluding hydrogens is 192 g/mol. The first-order chi connectivity index (χ1) is 6.02. The Kier molecular flexibility index (Phi) is 5.65. The number of hydrogen-bond donors (Lipinski definition) is 2. The Bertz CT molecular complexity index is 248. The Morgan fingerprint density at radius 3 is 2.54 bits per heavy atom. The minimum Gasteiger partial charge on any atom is -0.355 e. The second-order valence-electron chi connectivity index (χ2n) is 2.62. The first-order valence-electron chi connectivity index (χ1n) is 4.19. The highest BCUT2D eigenvalue weighted by Crippen LogP contribution is 1.87. The lowest BCUT2D eigenvalue weighted by Gasteiger charge is -2.03. The Labute approximate surface area is 78.6 Å². The van der Waals surface area contributed by atoms with Gasteiger partial charge < -0.3 is 11.1 Å². The van der Waals surface area contributed by atoms with Crippen LogP contribution in [0.15, 0.2) is 0 Å². The van der Waals surface area contributed by atoms with Gasteiger partial charge in [-0.1, -0.05) is 6.92 Å². The number of nitrogens with two attached hydrogens (primary N) is 1. The molecule has 0 fully saturated rings. The van der Waals surface area contributed by atoms with Gasteiger partial charge in [-0.3, -0.25) is 4.79 Å². The van der Waals surface area contributed by atoms with Crippen LogP contribution in [0.5, 0.6) is 0 Å². The van der Waals surface area contributed by atoms with Crippen LogP contribution in [-0.4, -0.2) is 38.9 Å². The standard InChI is InChI=1S/C7H16N2O3S/c1-2-13(11,12)6-5-9-7(10)3-4-8/h2-6,8H2,1H3,(H,9,10). The van der Waals surface area contributed by atoms with Gasteiger partial charge in [0.1, 0.15) is 0 Å². The zero-order valence-electron chi connectivity index (χ0n) is 7.75. The van der Waals surface area contributed by atoms with E-state index in [0.29, 0.717) is 0 Å². The Hall–Kier alpha value is -0.620. The second kappa shape index (κ2) is 5.93. The van der Waals surface area contributed by atoms with Gasteiger partial charge in [-0.05, 0) is 0 Å². The average Bonchev–Trinajstić information content (AvgIpc) is 2.05. The first-order valence-corrected chi connectivity index (χ1v) is 6.01. The first kappa shape index (κ1) is 12.4. The van der Waals surface area contributed by atoms with Crippen molar-refractivity contribution in [1.29, 1.82) is 0 Å². The molecule has 5 nitrogen and oxygen atoms in total. The van der Waals surface area contributed by atoms with Gasteiger partial charge in [0.05, 0.1) is 5.75 Å². The van der Waals surface area contributed by atoms with Crippen LogP contribution in [0, 0.1) is 0 Å². The molecule has 0 rings (SSSR count). The maximum absolute atomic E-state index is 11.0. The Morgan fingerprint density at radius 1 is 1.46 bits per heavy atom. The van der Waals surface area contributed by atoms with Crippen LogP contribution in [0.3, 0.4) is 0 Å². The van der Waals surface area contributed by atoms with Gasteiger partial charge in [0, 0.05) is 25.3 Å². The van der Waals surface area contributed by atoms with Gasteiger partial charge in [-0.25, -0.2) is 8.42 Å². The molecule has 0 spiro atoms. The molecule has 78 valence electrons. The lowest BCUT2D eigenvalue weighted by molar-refractivity contribution is -0.120. The van der Waals surface area contributed by atoms with Crippen molar-refractivity contribution >= 4 is 15.7 Å². The molecule has 0 radical (unpaired) electrons. The van der Waals surface area contributed by atoms with Gasteiger partial charge in [0.15, 0.2) is 9.84 Å². The SMILES string of the molecule is CCS(=O)(=O)CCNC(=O)CCN. The maximum atomic E-state index is 11.0. The summed E-state index contributed by atoms with van der Waals surface area (Å²) in [6.07, 6.45) is 0.242. The highest BCUT2D eigenvalue weighted by molar-refractivity contribution is 7.91.